The van der Waals surface area contributed by atoms with Crippen LogP contribution < -0.4 is 16.0 Å². The second kappa shape index (κ2) is 9.62. The molecule has 0 fully saturated rings. The monoisotopic (exact) mass is 371 g/mol. The van der Waals surface area contributed by atoms with Crippen molar-refractivity contribution in [2.24, 2.45) is 0 Å². The van der Waals surface area contributed by atoms with Gasteiger partial charge in [0, 0.05) is 24.1 Å². The van der Waals surface area contributed by atoms with E-state index in [1.807, 2.05) is 42.5 Å². The van der Waals surface area contributed by atoms with Gasteiger partial charge in [0.2, 0.25) is 11.8 Å². The van der Waals surface area contributed by atoms with Crippen molar-refractivity contribution in [1.29, 1.82) is 0 Å². The van der Waals surface area contributed by atoms with E-state index in [9.17, 15) is 14.4 Å². The normalized spacial score (nSPS) is 11.3. The summed E-state index contributed by atoms with van der Waals surface area (Å²) in [7, 11) is 0. The molecular formula is C19H21N3O3S. The minimum Gasteiger partial charge on any atom is -0.338 e. The number of hydrogen-bond acceptors (Lipinski definition) is 4. The van der Waals surface area contributed by atoms with Crippen LogP contribution in [0.25, 0.3) is 0 Å². The van der Waals surface area contributed by atoms with Crippen LogP contribution in [0.4, 0.5) is 10.5 Å². The number of thioether (sulfide) groups is 1. The third-order valence-electron chi connectivity index (χ3n) is 3.34. The first-order chi connectivity index (χ1) is 12.5. The number of rotatable bonds is 6. The summed E-state index contributed by atoms with van der Waals surface area (Å²) in [4.78, 5) is 36.2. The van der Waals surface area contributed by atoms with Crippen molar-refractivity contribution in [2.75, 3.05) is 11.9 Å². The Kier molecular flexibility index (Phi) is 7.23. The fourth-order valence-corrected chi connectivity index (χ4v) is 3.26. The van der Waals surface area contributed by atoms with Crippen LogP contribution in [0.2, 0.25) is 0 Å². The van der Waals surface area contributed by atoms with E-state index in [1.165, 1.54) is 18.7 Å². The number of urea groups is 1. The molecule has 0 unspecified atom stereocenters. The Morgan fingerprint density at radius 3 is 2.23 bits per heavy atom. The Hall–Kier alpha value is -2.80. The van der Waals surface area contributed by atoms with Gasteiger partial charge < -0.3 is 10.6 Å². The van der Waals surface area contributed by atoms with Crippen LogP contribution in [0.15, 0.2) is 59.5 Å². The van der Waals surface area contributed by atoms with Gasteiger partial charge in [-0.05, 0) is 36.8 Å². The molecule has 3 N–H and O–H groups in total. The highest BCUT2D eigenvalue weighted by Crippen LogP contribution is 2.35. The number of carbonyl (C=O) groups excluding carboxylic acids is 3. The number of benzene rings is 2. The van der Waals surface area contributed by atoms with E-state index < -0.39 is 17.2 Å². The molecule has 2 rings (SSSR count). The van der Waals surface area contributed by atoms with Crippen LogP contribution in [-0.4, -0.2) is 24.4 Å². The standard InChI is InChI=1S/C19H21N3O3S/c1-3-20-19(25)22-18(24)17(14-7-5-4-6-8-14)26-16-11-9-15(10-12-16)21-13(2)23/h4-12,17H,3H2,1-2H3,(H,21,23)(H2,20,22,24,25)/t17-/m0/s1. The summed E-state index contributed by atoms with van der Waals surface area (Å²) >= 11 is 1.33. The summed E-state index contributed by atoms with van der Waals surface area (Å²) in [6.07, 6.45) is 0. The third-order valence-corrected chi connectivity index (χ3v) is 4.61. The minimum atomic E-state index is -0.578. The molecule has 0 saturated carbocycles. The summed E-state index contributed by atoms with van der Waals surface area (Å²) in [5, 5.41) is 7.04. The van der Waals surface area contributed by atoms with Gasteiger partial charge in [0.15, 0.2) is 0 Å². The maximum Gasteiger partial charge on any atom is 0.321 e. The summed E-state index contributed by atoms with van der Waals surface area (Å²) in [5.74, 6) is -0.535. The zero-order valence-electron chi connectivity index (χ0n) is 14.6. The van der Waals surface area contributed by atoms with Gasteiger partial charge in [0.05, 0.1) is 0 Å². The Morgan fingerprint density at radius 2 is 1.65 bits per heavy atom. The van der Waals surface area contributed by atoms with Gasteiger partial charge in [0.25, 0.3) is 0 Å². The second-order valence-corrected chi connectivity index (χ2v) is 6.64. The molecule has 0 aliphatic heterocycles. The average molecular weight is 371 g/mol. The number of imide groups is 1. The predicted molar refractivity (Wildman–Crippen MR) is 103 cm³/mol. The Bertz CT molecular complexity index is 763. The Balaban J connectivity index is 2.17. The molecule has 0 heterocycles. The molecular weight excluding hydrogens is 350 g/mol. The molecule has 0 bridgehead atoms. The van der Waals surface area contributed by atoms with Crippen molar-refractivity contribution < 1.29 is 14.4 Å². The molecule has 4 amide bonds. The molecule has 0 saturated heterocycles. The van der Waals surface area contributed by atoms with Crippen LogP contribution in [0, 0.1) is 0 Å². The van der Waals surface area contributed by atoms with Gasteiger partial charge in [-0.1, -0.05) is 30.3 Å². The molecule has 26 heavy (non-hydrogen) atoms. The summed E-state index contributed by atoms with van der Waals surface area (Å²) in [6, 6.07) is 15.9. The quantitative estimate of drug-likeness (QED) is 0.680. The fourth-order valence-electron chi connectivity index (χ4n) is 2.24. The first-order valence-corrected chi connectivity index (χ1v) is 9.05. The molecule has 0 aromatic heterocycles. The van der Waals surface area contributed by atoms with E-state index in [4.69, 9.17) is 0 Å². The Morgan fingerprint density at radius 1 is 1.00 bits per heavy atom. The smallest absolute Gasteiger partial charge is 0.321 e. The zero-order chi connectivity index (χ0) is 18.9. The highest BCUT2D eigenvalue weighted by atomic mass is 32.2. The van der Waals surface area contributed by atoms with Crippen LogP contribution in [0.5, 0.6) is 0 Å². The lowest BCUT2D eigenvalue weighted by Gasteiger charge is -2.17. The van der Waals surface area contributed by atoms with Crippen molar-refractivity contribution in [3.8, 4) is 0 Å². The summed E-state index contributed by atoms with van der Waals surface area (Å²) in [6.45, 7) is 3.66. The molecule has 0 spiro atoms. The fraction of sp³-hybridized carbons (Fsp3) is 0.211. The molecule has 2 aromatic rings. The lowest BCUT2D eigenvalue weighted by molar-refractivity contribution is -0.119. The molecule has 0 aliphatic rings. The molecule has 6 nitrogen and oxygen atoms in total. The molecule has 2 aromatic carbocycles. The molecule has 0 aliphatic carbocycles. The van der Waals surface area contributed by atoms with Crippen LogP contribution in [0.3, 0.4) is 0 Å². The van der Waals surface area contributed by atoms with Crippen molar-refractivity contribution in [1.82, 2.24) is 10.6 Å². The van der Waals surface area contributed by atoms with Crippen LogP contribution in [-0.2, 0) is 9.59 Å². The molecule has 0 radical (unpaired) electrons. The van der Waals surface area contributed by atoms with E-state index >= 15 is 0 Å². The topological polar surface area (TPSA) is 87.3 Å². The number of carbonyl (C=O) groups is 3. The second-order valence-electron chi connectivity index (χ2n) is 5.46. The van der Waals surface area contributed by atoms with Crippen molar-refractivity contribution >= 4 is 35.3 Å². The number of anilines is 1. The number of amides is 4. The van der Waals surface area contributed by atoms with Crippen molar-refractivity contribution in [3.05, 3.63) is 60.2 Å². The zero-order valence-corrected chi connectivity index (χ0v) is 15.4. The van der Waals surface area contributed by atoms with Gasteiger partial charge in [-0.15, -0.1) is 11.8 Å². The highest BCUT2D eigenvalue weighted by Gasteiger charge is 2.23. The highest BCUT2D eigenvalue weighted by molar-refractivity contribution is 8.00. The van der Waals surface area contributed by atoms with Crippen LogP contribution >= 0.6 is 11.8 Å². The average Bonchev–Trinajstić information content (AvgIpc) is 2.61. The maximum absolute atomic E-state index is 12.6. The van der Waals surface area contributed by atoms with Crippen molar-refractivity contribution in [3.63, 3.8) is 0 Å². The predicted octanol–water partition coefficient (Wildman–Crippen LogP) is 3.32. The van der Waals surface area contributed by atoms with Gasteiger partial charge in [-0.2, -0.15) is 0 Å². The first kappa shape index (κ1) is 19.5. The maximum atomic E-state index is 12.6. The van der Waals surface area contributed by atoms with E-state index in [2.05, 4.69) is 16.0 Å². The molecule has 136 valence electrons. The van der Waals surface area contributed by atoms with Gasteiger partial charge in [-0.3, -0.25) is 14.9 Å². The third kappa shape index (κ3) is 5.93. The Labute approximate surface area is 156 Å². The first-order valence-electron chi connectivity index (χ1n) is 8.17. The van der Waals surface area contributed by atoms with Crippen LogP contribution in [0.1, 0.15) is 24.7 Å². The summed E-state index contributed by atoms with van der Waals surface area (Å²) < 4.78 is 0. The van der Waals surface area contributed by atoms with Gasteiger partial charge in [-0.25, -0.2) is 4.79 Å². The minimum absolute atomic E-state index is 0.145. The lowest BCUT2D eigenvalue weighted by Crippen LogP contribution is -2.41. The lowest BCUT2D eigenvalue weighted by atomic mass is 10.1. The van der Waals surface area contributed by atoms with E-state index in [0.29, 0.717) is 12.2 Å². The van der Waals surface area contributed by atoms with E-state index in [-0.39, 0.29) is 5.91 Å². The van der Waals surface area contributed by atoms with E-state index in [1.54, 1.807) is 19.1 Å². The number of hydrogen-bond donors (Lipinski definition) is 3. The van der Waals surface area contributed by atoms with E-state index in [0.717, 1.165) is 10.5 Å². The van der Waals surface area contributed by atoms with Crippen molar-refractivity contribution in [2.45, 2.75) is 24.0 Å². The van der Waals surface area contributed by atoms with Gasteiger partial charge >= 0.3 is 6.03 Å². The SMILES string of the molecule is CCNC(=O)NC(=O)[C@@H](Sc1ccc(NC(C)=O)cc1)c1ccccc1. The molecule has 1 atom stereocenters. The van der Waals surface area contributed by atoms with Gasteiger partial charge in [0.1, 0.15) is 5.25 Å². The molecule has 7 heteroatoms. The number of nitrogens with one attached hydrogen (secondary N) is 3. The largest absolute Gasteiger partial charge is 0.338 e. The summed E-state index contributed by atoms with van der Waals surface area (Å²) in [5.41, 5.74) is 1.48.